The first-order valence-corrected chi connectivity index (χ1v) is 6.21. The molecule has 88 valence electrons. The quantitative estimate of drug-likeness (QED) is 0.643. The highest BCUT2D eigenvalue weighted by atomic mass is 32.1. The molecule has 1 aliphatic rings. The second-order valence-electron chi connectivity index (χ2n) is 4.07. The average molecular weight is 241 g/mol. The fraction of sp³-hybridized carbons (Fsp3) is 0.600. The van der Waals surface area contributed by atoms with E-state index in [0.717, 1.165) is 31.7 Å². The van der Waals surface area contributed by atoms with Crippen molar-refractivity contribution in [3.8, 4) is 0 Å². The van der Waals surface area contributed by atoms with Crippen LogP contribution < -0.4 is 5.32 Å². The fourth-order valence-corrected chi connectivity index (χ4v) is 2.61. The maximum Gasteiger partial charge on any atom is 0.324 e. The highest BCUT2D eigenvalue weighted by molar-refractivity contribution is 7.13. The third-order valence-corrected chi connectivity index (χ3v) is 3.77. The van der Waals surface area contributed by atoms with Gasteiger partial charge < -0.3 is 5.32 Å². The second kappa shape index (κ2) is 4.90. The van der Waals surface area contributed by atoms with Crippen LogP contribution in [0.25, 0.3) is 0 Å². The normalized spacial score (nSPS) is 22.2. The third kappa shape index (κ3) is 2.58. The molecule has 2 heterocycles. The number of nitro groups is 1. The van der Waals surface area contributed by atoms with E-state index in [0.29, 0.717) is 6.04 Å². The van der Waals surface area contributed by atoms with E-state index < -0.39 is 0 Å². The lowest BCUT2D eigenvalue weighted by Crippen LogP contribution is -2.49. The van der Waals surface area contributed by atoms with Crippen molar-refractivity contribution in [1.82, 2.24) is 10.2 Å². The lowest BCUT2D eigenvalue weighted by atomic mass is 10.2. The molecule has 1 aromatic rings. The number of hydrogen-bond acceptors (Lipinski definition) is 5. The zero-order valence-electron chi connectivity index (χ0n) is 9.18. The van der Waals surface area contributed by atoms with Gasteiger partial charge in [0.1, 0.15) is 0 Å². The summed E-state index contributed by atoms with van der Waals surface area (Å²) in [6, 6.07) is 2.17. The lowest BCUT2D eigenvalue weighted by molar-refractivity contribution is -0.380. The van der Waals surface area contributed by atoms with E-state index in [1.165, 1.54) is 11.3 Å². The summed E-state index contributed by atoms with van der Waals surface area (Å²) in [4.78, 5) is 12.6. The van der Waals surface area contributed by atoms with Crippen molar-refractivity contribution in [2.75, 3.05) is 19.6 Å². The van der Waals surface area contributed by atoms with Crippen LogP contribution in [0.15, 0.2) is 11.4 Å². The molecule has 0 aromatic carbocycles. The Morgan fingerprint density at radius 2 is 2.56 bits per heavy atom. The van der Waals surface area contributed by atoms with Crippen molar-refractivity contribution in [2.24, 2.45) is 0 Å². The van der Waals surface area contributed by atoms with Gasteiger partial charge in [-0.15, -0.1) is 0 Å². The highest BCUT2D eigenvalue weighted by Crippen LogP contribution is 2.24. The molecular weight excluding hydrogens is 226 g/mol. The monoisotopic (exact) mass is 241 g/mol. The van der Waals surface area contributed by atoms with Gasteiger partial charge in [0.05, 0.1) is 4.92 Å². The van der Waals surface area contributed by atoms with Crippen molar-refractivity contribution < 1.29 is 4.92 Å². The summed E-state index contributed by atoms with van der Waals surface area (Å²) < 4.78 is 0. The van der Waals surface area contributed by atoms with E-state index in [9.17, 15) is 10.1 Å². The first-order chi connectivity index (χ1) is 7.66. The van der Waals surface area contributed by atoms with E-state index in [1.807, 2.05) is 5.38 Å². The molecule has 0 bridgehead atoms. The van der Waals surface area contributed by atoms with Gasteiger partial charge in [0, 0.05) is 43.7 Å². The summed E-state index contributed by atoms with van der Waals surface area (Å²) in [5, 5.41) is 16.0. The zero-order chi connectivity index (χ0) is 11.5. The van der Waals surface area contributed by atoms with Crippen LogP contribution in [0.3, 0.4) is 0 Å². The summed E-state index contributed by atoms with van der Waals surface area (Å²) in [7, 11) is 0. The number of hydrogen-bond donors (Lipinski definition) is 1. The van der Waals surface area contributed by atoms with Crippen LogP contribution >= 0.6 is 11.3 Å². The molecule has 1 aromatic heterocycles. The molecule has 5 nitrogen and oxygen atoms in total. The Hall–Kier alpha value is -0.980. The number of nitrogens with zero attached hydrogens (tertiary/aromatic N) is 2. The molecule has 0 spiro atoms. The average Bonchev–Trinajstić information content (AvgIpc) is 2.70. The molecule has 1 fully saturated rings. The van der Waals surface area contributed by atoms with Gasteiger partial charge in [0.15, 0.2) is 0 Å². The van der Waals surface area contributed by atoms with Crippen molar-refractivity contribution in [3.63, 3.8) is 0 Å². The van der Waals surface area contributed by atoms with Gasteiger partial charge in [0.25, 0.3) is 0 Å². The summed E-state index contributed by atoms with van der Waals surface area (Å²) in [6.07, 6.45) is 0. The maximum atomic E-state index is 10.6. The minimum absolute atomic E-state index is 0.234. The van der Waals surface area contributed by atoms with E-state index >= 15 is 0 Å². The van der Waals surface area contributed by atoms with Gasteiger partial charge in [-0.05, 0) is 12.5 Å². The molecule has 1 aliphatic heterocycles. The number of thiophene rings is 1. The molecule has 1 atom stereocenters. The first kappa shape index (κ1) is 11.5. The van der Waals surface area contributed by atoms with Crippen molar-refractivity contribution in [1.29, 1.82) is 0 Å². The van der Waals surface area contributed by atoms with Crippen LogP contribution in [0.1, 0.15) is 12.5 Å². The number of rotatable bonds is 3. The largest absolute Gasteiger partial charge is 0.324 e. The van der Waals surface area contributed by atoms with Gasteiger partial charge in [-0.2, -0.15) is 0 Å². The molecule has 1 saturated heterocycles. The van der Waals surface area contributed by atoms with E-state index in [2.05, 4.69) is 17.1 Å². The SMILES string of the molecule is C[C@@H]1CNCCN1Cc1csc([N+](=O)[O-])c1. The molecule has 0 amide bonds. The summed E-state index contributed by atoms with van der Waals surface area (Å²) in [6.45, 7) is 5.98. The predicted octanol–water partition coefficient (Wildman–Crippen LogP) is 1.45. The molecule has 6 heteroatoms. The van der Waals surface area contributed by atoms with E-state index in [4.69, 9.17) is 0 Å². The minimum Gasteiger partial charge on any atom is -0.314 e. The predicted molar refractivity (Wildman–Crippen MR) is 63.7 cm³/mol. The van der Waals surface area contributed by atoms with E-state index in [1.54, 1.807) is 6.07 Å². The van der Waals surface area contributed by atoms with Crippen molar-refractivity contribution >= 4 is 16.3 Å². The molecule has 2 rings (SSSR count). The second-order valence-corrected chi connectivity index (χ2v) is 4.96. The molecule has 0 aliphatic carbocycles. The topological polar surface area (TPSA) is 58.4 Å². The highest BCUT2D eigenvalue weighted by Gasteiger charge is 2.19. The summed E-state index contributed by atoms with van der Waals surface area (Å²) in [5.41, 5.74) is 1.05. The van der Waals surface area contributed by atoms with Gasteiger partial charge in [0.2, 0.25) is 0 Å². The summed E-state index contributed by atoms with van der Waals surface area (Å²) >= 11 is 1.21. The zero-order valence-corrected chi connectivity index (χ0v) is 10.00. The molecule has 0 unspecified atom stereocenters. The molecular formula is C10H15N3O2S. The number of piperazine rings is 1. The van der Waals surface area contributed by atoms with Gasteiger partial charge in [-0.3, -0.25) is 15.0 Å². The Labute approximate surface area is 98.2 Å². The third-order valence-electron chi connectivity index (χ3n) is 2.84. The smallest absolute Gasteiger partial charge is 0.314 e. The Morgan fingerprint density at radius 3 is 3.19 bits per heavy atom. The van der Waals surface area contributed by atoms with Crippen LogP contribution in [0.4, 0.5) is 5.00 Å². The maximum absolute atomic E-state index is 10.6. The van der Waals surface area contributed by atoms with Crippen LogP contribution in [0.5, 0.6) is 0 Å². The Balaban J connectivity index is 1.99. The standard InChI is InChI=1S/C10H15N3O2S/c1-8-5-11-2-3-12(8)6-9-4-10(13(14)15)16-7-9/h4,7-8,11H,2-3,5-6H2,1H3/t8-/m1/s1. The van der Waals surface area contributed by atoms with Crippen LogP contribution in [0, 0.1) is 10.1 Å². The van der Waals surface area contributed by atoms with Gasteiger partial charge >= 0.3 is 5.00 Å². The van der Waals surface area contributed by atoms with E-state index in [-0.39, 0.29) is 9.92 Å². The fourth-order valence-electron chi connectivity index (χ4n) is 1.89. The Bertz CT molecular complexity index is 380. The minimum atomic E-state index is -0.324. The van der Waals surface area contributed by atoms with Gasteiger partial charge in [-0.25, -0.2) is 0 Å². The Morgan fingerprint density at radius 1 is 1.75 bits per heavy atom. The molecule has 16 heavy (non-hydrogen) atoms. The molecule has 1 N–H and O–H groups in total. The van der Waals surface area contributed by atoms with Crippen LogP contribution in [0.2, 0.25) is 0 Å². The number of nitrogens with one attached hydrogen (secondary N) is 1. The van der Waals surface area contributed by atoms with Crippen LogP contribution in [-0.4, -0.2) is 35.5 Å². The molecule has 0 saturated carbocycles. The van der Waals surface area contributed by atoms with Crippen molar-refractivity contribution in [3.05, 3.63) is 27.1 Å². The van der Waals surface area contributed by atoms with Crippen molar-refractivity contribution in [2.45, 2.75) is 19.5 Å². The molecule has 0 radical (unpaired) electrons. The first-order valence-electron chi connectivity index (χ1n) is 5.33. The van der Waals surface area contributed by atoms with Gasteiger partial charge in [-0.1, -0.05) is 11.3 Å². The lowest BCUT2D eigenvalue weighted by Gasteiger charge is -2.33. The Kier molecular flexibility index (Phi) is 3.52. The van der Waals surface area contributed by atoms with Crippen LogP contribution in [-0.2, 0) is 6.54 Å². The summed E-state index contributed by atoms with van der Waals surface area (Å²) in [5.74, 6) is 0.